The normalized spacial score (nSPS) is 23.5. The van der Waals surface area contributed by atoms with Crippen LogP contribution < -0.4 is 0 Å². The molecule has 0 heterocycles. The van der Waals surface area contributed by atoms with Gasteiger partial charge in [0.25, 0.3) is 0 Å². The van der Waals surface area contributed by atoms with E-state index in [1.165, 1.54) is 19.8 Å². The first kappa shape index (κ1) is 16.0. The summed E-state index contributed by atoms with van der Waals surface area (Å²) in [6, 6.07) is 1.06. The summed E-state index contributed by atoms with van der Waals surface area (Å²) in [6.45, 7) is 6.90. The molecule has 1 rings (SSSR count). The third-order valence-electron chi connectivity index (χ3n) is 3.39. The quantitative estimate of drug-likeness (QED) is 0.452. The first-order valence-corrected chi connectivity index (χ1v) is 10.3. The predicted molar refractivity (Wildman–Crippen MR) is 76.5 cm³/mol. The lowest BCUT2D eigenvalue weighted by atomic mass is 9.80. The molecule has 0 saturated carbocycles. The Morgan fingerprint density at radius 2 is 1.68 bits per heavy atom. The predicted octanol–water partition coefficient (Wildman–Crippen LogP) is 2.62. The second-order valence-electron chi connectivity index (χ2n) is 6.30. The molecule has 108 valence electrons. The van der Waals surface area contributed by atoms with Crippen molar-refractivity contribution in [3.63, 3.8) is 0 Å². The molecule has 0 fully saturated rings. The van der Waals surface area contributed by atoms with Crippen LogP contribution in [0.4, 0.5) is 0 Å². The molecule has 0 bridgehead atoms. The van der Waals surface area contributed by atoms with Crippen LogP contribution in [-0.2, 0) is 19.1 Å². The molecule has 1 aliphatic carbocycles. The van der Waals surface area contributed by atoms with Gasteiger partial charge in [-0.15, -0.1) is 0 Å². The summed E-state index contributed by atoms with van der Waals surface area (Å²) < 4.78 is 9.61. The van der Waals surface area contributed by atoms with E-state index < -0.39 is 19.9 Å². The van der Waals surface area contributed by atoms with Crippen LogP contribution >= 0.6 is 0 Å². The SMILES string of the molecule is COC(=O)[C@H]1CC=C(C[Si](C)(C)C)C[C@@H]1C(=O)OC. The highest BCUT2D eigenvalue weighted by atomic mass is 28.3. The molecule has 0 saturated heterocycles. The van der Waals surface area contributed by atoms with Crippen LogP contribution in [0, 0.1) is 11.8 Å². The lowest BCUT2D eigenvalue weighted by Crippen LogP contribution is -2.35. The van der Waals surface area contributed by atoms with Gasteiger partial charge in [-0.05, 0) is 18.9 Å². The van der Waals surface area contributed by atoms with Crippen molar-refractivity contribution in [1.82, 2.24) is 0 Å². The highest BCUT2D eigenvalue weighted by Gasteiger charge is 2.38. The van der Waals surface area contributed by atoms with Crippen LogP contribution in [0.15, 0.2) is 11.6 Å². The molecule has 0 unspecified atom stereocenters. The van der Waals surface area contributed by atoms with Crippen LogP contribution in [0.25, 0.3) is 0 Å². The van der Waals surface area contributed by atoms with Crippen LogP contribution in [-0.4, -0.2) is 34.2 Å². The summed E-state index contributed by atoms with van der Waals surface area (Å²) in [4.78, 5) is 23.6. The van der Waals surface area contributed by atoms with Gasteiger partial charge in [0, 0.05) is 8.07 Å². The van der Waals surface area contributed by atoms with Crippen molar-refractivity contribution in [3.05, 3.63) is 11.6 Å². The number of ether oxygens (including phenoxy) is 2. The van der Waals surface area contributed by atoms with Crippen LogP contribution in [0.5, 0.6) is 0 Å². The van der Waals surface area contributed by atoms with Gasteiger partial charge in [0.2, 0.25) is 0 Å². The molecule has 5 heteroatoms. The van der Waals surface area contributed by atoms with Gasteiger partial charge < -0.3 is 9.47 Å². The van der Waals surface area contributed by atoms with Gasteiger partial charge in [-0.2, -0.15) is 0 Å². The maximum Gasteiger partial charge on any atom is 0.309 e. The summed E-state index contributed by atoms with van der Waals surface area (Å²) in [5.74, 6) is -1.42. The van der Waals surface area contributed by atoms with Gasteiger partial charge in [-0.25, -0.2) is 0 Å². The maximum atomic E-state index is 11.9. The lowest BCUT2D eigenvalue weighted by molar-refractivity contribution is -0.157. The van der Waals surface area contributed by atoms with Gasteiger partial charge in [0.05, 0.1) is 26.1 Å². The number of hydrogen-bond donors (Lipinski definition) is 0. The summed E-state index contributed by atoms with van der Waals surface area (Å²) in [6.07, 6.45) is 3.31. The van der Waals surface area contributed by atoms with E-state index in [4.69, 9.17) is 9.47 Å². The van der Waals surface area contributed by atoms with E-state index in [1.54, 1.807) is 0 Å². The first-order chi connectivity index (χ1) is 8.78. The molecule has 1 aliphatic rings. The van der Waals surface area contributed by atoms with Gasteiger partial charge >= 0.3 is 11.9 Å². The Bertz CT molecular complexity index is 381. The summed E-state index contributed by atoms with van der Waals surface area (Å²) in [5, 5.41) is 0. The number of rotatable bonds is 4. The molecule has 0 N–H and O–H groups in total. The number of methoxy groups -OCH3 is 2. The fourth-order valence-electron chi connectivity index (χ4n) is 2.60. The Morgan fingerprint density at radius 1 is 1.16 bits per heavy atom. The minimum absolute atomic E-state index is 0.309. The molecule has 0 spiro atoms. The lowest BCUT2D eigenvalue weighted by Gasteiger charge is -2.29. The van der Waals surface area contributed by atoms with Gasteiger partial charge in [-0.3, -0.25) is 9.59 Å². The van der Waals surface area contributed by atoms with E-state index >= 15 is 0 Å². The Morgan fingerprint density at radius 3 is 2.16 bits per heavy atom. The molecule has 0 aromatic rings. The zero-order valence-electron chi connectivity index (χ0n) is 12.5. The van der Waals surface area contributed by atoms with E-state index in [0.29, 0.717) is 12.8 Å². The fourth-order valence-corrected chi connectivity index (χ4v) is 4.25. The minimum atomic E-state index is -1.21. The molecule has 19 heavy (non-hydrogen) atoms. The highest BCUT2D eigenvalue weighted by molar-refractivity contribution is 6.76. The van der Waals surface area contributed by atoms with Crippen LogP contribution in [0.1, 0.15) is 12.8 Å². The molecular weight excluding hydrogens is 260 g/mol. The number of allylic oxidation sites excluding steroid dienone is 2. The average Bonchev–Trinajstić information content (AvgIpc) is 2.35. The van der Waals surface area contributed by atoms with E-state index in [2.05, 4.69) is 25.7 Å². The first-order valence-electron chi connectivity index (χ1n) is 6.62. The minimum Gasteiger partial charge on any atom is -0.469 e. The van der Waals surface area contributed by atoms with Crippen molar-refractivity contribution in [2.45, 2.75) is 38.5 Å². The topological polar surface area (TPSA) is 52.6 Å². The molecule has 0 amide bonds. The molecular formula is C14H24O4Si. The van der Waals surface area contributed by atoms with Crippen molar-refractivity contribution in [3.8, 4) is 0 Å². The Labute approximate surface area is 116 Å². The van der Waals surface area contributed by atoms with Crippen molar-refractivity contribution in [2.24, 2.45) is 11.8 Å². The molecule has 0 aliphatic heterocycles. The third-order valence-corrected chi connectivity index (χ3v) is 4.91. The van der Waals surface area contributed by atoms with E-state index in [-0.39, 0.29) is 11.9 Å². The number of carbonyl (C=O) groups excluding carboxylic acids is 2. The van der Waals surface area contributed by atoms with Crippen molar-refractivity contribution >= 4 is 20.0 Å². The second kappa shape index (κ2) is 6.37. The van der Waals surface area contributed by atoms with Crippen molar-refractivity contribution < 1.29 is 19.1 Å². The fraction of sp³-hybridized carbons (Fsp3) is 0.714. The number of esters is 2. The number of carbonyl (C=O) groups is 2. The summed E-state index contributed by atoms with van der Waals surface area (Å²) in [5.41, 5.74) is 1.29. The van der Waals surface area contributed by atoms with Gasteiger partial charge in [-0.1, -0.05) is 31.3 Å². The van der Waals surface area contributed by atoms with E-state index in [0.717, 1.165) is 6.04 Å². The second-order valence-corrected chi connectivity index (χ2v) is 11.8. The largest absolute Gasteiger partial charge is 0.469 e. The average molecular weight is 284 g/mol. The number of hydrogen-bond acceptors (Lipinski definition) is 4. The zero-order chi connectivity index (χ0) is 14.6. The summed E-state index contributed by atoms with van der Waals surface area (Å²) >= 11 is 0. The molecule has 2 atom stereocenters. The molecule has 0 aromatic heterocycles. The molecule has 0 radical (unpaired) electrons. The Balaban J connectivity index is 2.88. The smallest absolute Gasteiger partial charge is 0.309 e. The van der Waals surface area contributed by atoms with Gasteiger partial charge in [0.15, 0.2) is 0 Å². The van der Waals surface area contributed by atoms with Crippen molar-refractivity contribution in [1.29, 1.82) is 0 Å². The standard InChI is InChI=1S/C14H24O4Si/c1-17-13(15)11-7-6-10(9-19(3,4)5)8-12(11)14(16)18-2/h6,11-12H,7-9H2,1-5H3/t11-,12-/m0/s1. The zero-order valence-corrected chi connectivity index (χ0v) is 13.5. The third kappa shape index (κ3) is 4.49. The molecule has 0 aromatic carbocycles. The summed E-state index contributed by atoms with van der Waals surface area (Å²) in [7, 11) is 1.51. The van der Waals surface area contributed by atoms with E-state index in [1.807, 2.05) is 0 Å². The van der Waals surface area contributed by atoms with Crippen LogP contribution in [0.3, 0.4) is 0 Å². The molecule has 4 nitrogen and oxygen atoms in total. The van der Waals surface area contributed by atoms with E-state index in [9.17, 15) is 9.59 Å². The Kier molecular flexibility index (Phi) is 5.35. The highest BCUT2D eigenvalue weighted by Crippen LogP contribution is 2.35. The Hall–Kier alpha value is -1.10. The monoisotopic (exact) mass is 284 g/mol. The van der Waals surface area contributed by atoms with Gasteiger partial charge in [0.1, 0.15) is 0 Å². The maximum absolute atomic E-state index is 11.9. The van der Waals surface area contributed by atoms with Crippen LogP contribution in [0.2, 0.25) is 25.7 Å². The van der Waals surface area contributed by atoms with Crippen molar-refractivity contribution in [2.75, 3.05) is 14.2 Å².